The summed E-state index contributed by atoms with van der Waals surface area (Å²) in [5.41, 5.74) is 1.85. The van der Waals surface area contributed by atoms with E-state index in [9.17, 15) is 4.79 Å². The fraction of sp³-hybridized carbons (Fsp3) is 0.786. The quantitative estimate of drug-likeness (QED) is 0.509. The van der Waals surface area contributed by atoms with Crippen molar-refractivity contribution in [3.63, 3.8) is 0 Å². The van der Waals surface area contributed by atoms with Gasteiger partial charge in [-0.15, -0.1) is 0 Å². The fourth-order valence-electron chi connectivity index (χ4n) is 3.24. The van der Waals surface area contributed by atoms with E-state index < -0.39 is 0 Å². The molecule has 1 saturated carbocycles. The highest BCUT2D eigenvalue weighted by Gasteiger charge is 2.51. The Balaban J connectivity index is 2.12. The highest BCUT2D eigenvalue weighted by Crippen LogP contribution is 2.60. The average molecular weight is 206 g/mol. The van der Waals surface area contributed by atoms with Gasteiger partial charge in [0.05, 0.1) is 0 Å². The molecule has 2 bridgehead atoms. The molecular weight excluding hydrogens is 184 g/mol. The molecule has 1 heteroatoms. The van der Waals surface area contributed by atoms with Gasteiger partial charge in [0.25, 0.3) is 0 Å². The molecule has 0 aromatic rings. The summed E-state index contributed by atoms with van der Waals surface area (Å²) in [5.74, 6) is 1.64. The molecular formula is C14H22O. The molecule has 0 spiro atoms. The Bertz CT molecular complexity index is 309. The number of rotatable bonds is 3. The van der Waals surface area contributed by atoms with E-state index >= 15 is 0 Å². The average Bonchev–Trinajstić information content (AvgIpc) is 2.17. The maximum absolute atomic E-state index is 11.0. The molecule has 1 nitrogen and oxygen atoms in total. The smallest absolute Gasteiger partial charge is 0.125 e. The standard InChI is InChI=1S/C14H22O/c1-13(2,9-15)8-10-5-6-11-7-12(10)14(11,3)4/h5,9,11-12H,6-8H2,1-4H3/t11-,12+/m0/s1. The molecule has 15 heavy (non-hydrogen) atoms. The summed E-state index contributed by atoms with van der Waals surface area (Å²) in [6.45, 7) is 8.84. The minimum absolute atomic E-state index is 0.176. The first-order valence-corrected chi connectivity index (χ1v) is 6.02. The van der Waals surface area contributed by atoms with Crippen molar-refractivity contribution in [3.8, 4) is 0 Å². The van der Waals surface area contributed by atoms with Crippen LogP contribution in [0.5, 0.6) is 0 Å². The van der Waals surface area contributed by atoms with Crippen LogP contribution >= 0.6 is 0 Å². The molecule has 0 saturated heterocycles. The summed E-state index contributed by atoms with van der Waals surface area (Å²) < 4.78 is 0. The third kappa shape index (κ3) is 1.66. The van der Waals surface area contributed by atoms with Gasteiger partial charge in [-0.2, -0.15) is 0 Å². The van der Waals surface area contributed by atoms with E-state index in [0.717, 1.165) is 24.5 Å². The fourth-order valence-corrected chi connectivity index (χ4v) is 3.24. The monoisotopic (exact) mass is 206 g/mol. The number of hydrogen-bond acceptors (Lipinski definition) is 1. The van der Waals surface area contributed by atoms with Crippen LogP contribution in [0.15, 0.2) is 11.6 Å². The highest BCUT2D eigenvalue weighted by atomic mass is 16.1. The third-order valence-corrected chi connectivity index (χ3v) is 4.56. The van der Waals surface area contributed by atoms with Crippen LogP contribution in [-0.2, 0) is 4.79 Å². The molecule has 1 fully saturated rings. The summed E-state index contributed by atoms with van der Waals surface area (Å²) >= 11 is 0. The van der Waals surface area contributed by atoms with E-state index in [1.165, 1.54) is 12.8 Å². The van der Waals surface area contributed by atoms with Crippen molar-refractivity contribution in [2.45, 2.75) is 47.0 Å². The van der Waals surface area contributed by atoms with Gasteiger partial charge >= 0.3 is 0 Å². The lowest BCUT2D eigenvalue weighted by Crippen LogP contribution is -2.48. The molecule has 2 atom stereocenters. The number of carbonyl (C=O) groups excluding carboxylic acids is 1. The van der Waals surface area contributed by atoms with E-state index in [4.69, 9.17) is 0 Å². The van der Waals surface area contributed by atoms with E-state index in [1.807, 2.05) is 13.8 Å². The zero-order valence-electron chi connectivity index (χ0n) is 10.3. The van der Waals surface area contributed by atoms with Crippen molar-refractivity contribution in [1.29, 1.82) is 0 Å². The van der Waals surface area contributed by atoms with Crippen molar-refractivity contribution < 1.29 is 4.79 Å². The predicted molar refractivity (Wildman–Crippen MR) is 62.5 cm³/mol. The van der Waals surface area contributed by atoms with E-state index in [1.54, 1.807) is 5.57 Å². The maximum atomic E-state index is 11.0. The highest BCUT2D eigenvalue weighted by molar-refractivity contribution is 5.58. The lowest BCUT2D eigenvalue weighted by atomic mass is 9.48. The lowest BCUT2D eigenvalue weighted by molar-refractivity contribution is -0.115. The number of carbonyl (C=O) groups is 1. The molecule has 3 aliphatic rings. The van der Waals surface area contributed by atoms with Crippen LogP contribution in [0.1, 0.15) is 47.0 Å². The summed E-state index contributed by atoms with van der Waals surface area (Å²) in [6, 6.07) is 0. The van der Waals surface area contributed by atoms with Gasteiger partial charge in [0.15, 0.2) is 0 Å². The van der Waals surface area contributed by atoms with Gasteiger partial charge in [0.2, 0.25) is 0 Å². The Kier molecular flexibility index (Phi) is 2.33. The van der Waals surface area contributed by atoms with Crippen LogP contribution in [-0.4, -0.2) is 6.29 Å². The topological polar surface area (TPSA) is 17.1 Å². The van der Waals surface area contributed by atoms with Crippen LogP contribution < -0.4 is 0 Å². The molecule has 3 rings (SSSR count). The van der Waals surface area contributed by atoms with E-state index in [2.05, 4.69) is 19.9 Å². The Morgan fingerprint density at radius 3 is 2.67 bits per heavy atom. The van der Waals surface area contributed by atoms with Crippen LogP contribution in [0, 0.1) is 22.7 Å². The van der Waals surface area contributed by atoms with Crippen LogP contribution in [0.3, 0.4) is 0 Å². The molecule has 0 radical (unpaired) electrons. The first-order valence-electron chi connectivity index (χ1n) is 6.02. The molecule has 0 aromatic carbocycles. The van der Waals surface area contributed by atoms with Gasteiger partial charge in [-0.1, -0.05) is 39.3 Å². The summed E-state index contributed by atoms with van der Waals surface area (Å²) in [5, 5.41) is 0. The van der Waals surface area contributed by atoms with Crippen LogP contribution in [0.2, 0.25) is 0 Å². The lowest BCUT2D eigenvalue weighted by Gasteiger charge is -2.57. The Hall–Kier alpha value is -0.590. The van der Waals surface area contributed by atoms with Crippen molar-refractivity contribution in [2.75, 3.05) is 0 Å². The molecule has 84 valence electrons. The molecule has 0 heterocycles. The Morgan fingerprint density at radius 2 is 2.20 bits per heavy atom. The van der Waals surface area contributed by atoms with E-state index in [0.29, 0.717) is 5.41 Å². The summed E-state index contributed by atoms with van der Waals surface area (Å²) in [4.78, 5) is 11.0. The number of hydrogen-bond donors (Lipinski definition) is 0. The second kappa shape index (κ2) is 3.20. The Morgan fingerprint density at radius 1 is 1.53 bits per heavy atom. The third-order valence-electron chi connectivity index (χ3n) is 4.56. The van der Waals surface area contributed by atoms with Gasteiger partial charge in [0, 0.05) is 5.41 Å². The maximum Gasteiger partial charge on any atom is 0.125 e. The second-order valence-electron chi connectivity index (χ2n) is 6.60. The number of aldehydes is 1. The minimum atomic E-state index is -0.176. The van der Waals surface area contributed by atoms with Gasteiger partial charge in [-0.3, -0.25) is 0 Å². The van der Waals surface area contributed by atoms with Gasteiger partial charge < -0.3 is 4.79 Å². The Labute approximate surface area is 92.9 Å². The summed E-state index contributed by atoms with van der Waals surface area (Å²) in [7, 11) is 0. The first-order chi connectivity index (χ1) is 6.87. The normalized spacial score (nSPS) is 32.9. The molecule has 3 aliphatic carbocycles. The van der Waals surface area contributed by atoms with Crippen molar-refractivity contribution >= 4 is 6.29 Å². The van der Waals surface area contributed by atoms with Crippen molar-refractivity contribution in [1.82, 2.24) is 0 Å². The predicted octanol–water partition coefficient (Wildman–Crippen LogP) is 3.59. The molecule has 0 aliphatic heterocycles. The van der Waals surface area contributed by atoms with Gasteiger partial charge in [0.1, 0.15) is 6.29 Å². The molecule has 0 N–H and O–H groups in total. The zero-order valence-corrected chi connectivity index (χ0v) is 10.3. The minimum Gasteiger partial charge on any atom is -0.303 e. The first kappa shape index (κ1) is 10.9. The molecule has 0 unspecified atom stereocenters. The largest absolute Gasteiger partial charge is 0.303 e. The second-order valence-corrected chi connectivity index (χ2v) is 6.60. The zero-order chi connectivity index (χ0) is 11.3. The SMILES string of the molecule is CC(C)(C=O)CC1=CC[C@H]2C[C@H]1C2(C)C. The van der Waals surface area contributed by atoms with Gasteiger partial charge in [-0.05, 0) is 36.5 Å². The molecule has 0 amide bonds. The van der Waals surface area contributed by atoms with Gasteiger partial charge in [-0.25, -0.2) is 0 Å². The van der Waals surface area contributed by atoms with Crippen molar-refractivity contribution in [2.24, 2.45) is 22.7 Å². The molecule has 0 aromatic heterocycles. The number of fused-ring (bicyclic) bond motifs is 1. The summed E-state index contributed by atoms with van der Waals surface area (Å²) in [6.07, 6.45) is 7.04. The van der Waals surface area contributed by atoms with Crippen LogP contribution in [0.25, 0.3) is 0 Å². The van der Waals surface area contributed by atoms with Crippen molar-refractivity contribution in [3.05, 3.63) is 11.6 Å². The van der Waals surface area contributed by atoms with Crippen LogP contribution in [0.4, 0.5) is 0 Å². The number of allylic oxidation sites excluding steroid dienone is 2. The van der Waals surface area contributed by atoms with E-state index in [-0.39, 0.29) is 5.41 Å².